The Bertz CT molecular complexity index is 610. The topological polar surface area (TPSA) is 59.3 Å². The van der Waals surface area contributed by atoms with Gasteiger partial charge < -0.3 is 4.42 Å². The molecule has 2 aromatic heterocycles. The molecule has 0 aliphatic rings. The second-order valence-electron chi connectivity index (χ2n) is 3.70. The van der Waals surface area contributed by atoms with E-state index in [2.05, 4.69) is 4.72 Å². The Balaban J connectivity index is 2.08. The maximum absolute atomic E-state index is 11.9. The van der Waals surface area contributed by atoms with Crippen LogP contribution >= 0.6 is 11.3 Å². The molecule has 0 aliphatic carbocycles. The minimum atomic E-state index is -3.42. The fraction of sp³-hybridized carbons (Fsp3) is 0.273. The molecule has 0 aliphatic heterocycles. The van der Waals surface area contributed by atoms with Gasteiger partial charge in [-0.15, -0.1) is 11.3 Å². The highest BCUT2D eigenvalue weighted by atomic mass is 32.2. The first kappa shape index (κ1) is 12.3. The molecule has 2 heterocycles. The third-order valence-corrected chi connectivity index (χ3v) is 5.11. The number of hydrogen-bond acceptors (Lipinski definition) is 4. The van der Waals surface area contributed by atoms with Crippen LogP contribution < -0.4 is 4.72 Å². The molecular formula is C11H13NO3S2. The highest BCUT2D eigenvalue weighted by molar-refractivity contribution is 7.91. The molecule has 2 rings (SSSR count). The summed E-state index contributed by atoms with van der Waals surface area (Å²) < 4.78 is 31.9. The van der Waals surface area contributed by atoms with E-state index in [1.54, 1.807) is 24.3 Å². The van der Waals surface area contributed by atoms with Crippen LogP contribution in [0.5, 0.6) is 0 Å². The highest BCUT2D eigenvalue weighted by Crippen LogP contribution is 2.20. The summed E-state index contributed by atoms with van der Waals surface area (Å²) >= 11 is 1.25. The van der Waals surface area contributed by atoms with Gasteiger partial charge >= 0.3 is 0 Å². The van der Waals surface area contributed by atoms with Gasteiger partial charge in [0, 0.05) is 4.88 Å². The first-order valence-corrected chi connectivity index (χ1v) is 7.39. The van der Waals surface area contributed by atoms with Gasteiger partial charge in [-0.25, -0.2) is 13.1 Å². The summed E-state index contributed by atoms with van der Waals surface area (Å²) in [5.74, 6) is 1.38. The summed E-state index contributed by atoms with van der Waals surface area (Å²) in [6.45, 7) is 3.87. The van der Waals surface area contributed by atoms with Crippen molar-refractivity contribution in [1.29, 1.82) is 0 Å². The Hall–Kier alpha value is -1.11. The lowest BCUT2D eigenvalue weighted by Crippen LogP contribution is -2.22. The molecule has 92 valence electrons. The highest BCUT2D eigenvalue weighted by Gasteiger charge is 2.16. The molecule has 0 bridgehead atoms. The molecule has 4 nitrogen and oxygen atoms in total. The number of sulfonamides is 1. The van der Waals surface area contributed by atoms with E-state index in [0.29, 0.717) is 9.97 Å². The van der Waals surface area contributed by atoms with Crippen molar-refractivity contribution in [3.63, 3.8) is 0 Å². The van der Waals surface area contributed by atoms with Gasteiger partial charge in [0.25, 0.3) is 0 Å². The smallest absolute Gasteiger partial charge is 0.250 e. The van der Waals surface area contributed by atoms with Gasteiger partial charge in [-0.05, 0) is 38.1 Å². The molecule has 1 N–H and O–H groups in total. The monoisotopic (exact) mass is 271 g/mol. The fourth-order valence-corrected chi connectivity index (χ4v) is 3.70. The second-order valence-corrected chi connectivity index (χ2v) is 6.98. The average Bonchev–Trinajstić information content (AvgIpc) is 2.85. The van der Waals surface area contributed by atoms with Crippen LogP contribution in [0.1, 0.15) is 16.4 Å². The van der Waals surface area contributed by atoms with E-state index in [9.17, 15) is 8.42 Å². The maximum atomic E-state index is 11.9. The van der Waals surface area contributed by atoms with E-state index in [1.807, 2.05) is 13.8 Å². The van der Waals surface area contributed by atoms with Crippen LogP contribution in [-0.2, 0) is 16.6 Å². The van der Waals surface area contributed by atoms with Crippen molar-refractivity contribution >= 4 is 21.4 Å². The predicted molar refractivity (Wildman–Crippen MR) is 66.5 cm³/mol. The molecule has 0 amide bonds. The van der Waals surface area contributed by atoms with Crippen molar-refractivity contribution in [1.82, 2.24) is 4.72 Å². The van der Waals surface area contributed by atoms with Crippen LogP contribution in [0.3, 0.4) is 0 Å². The van der Waals surface area contributed by atoms with Crippen LogP contribution in [0, 0.1) is 13.8 Å². The molecule has 0 atom stereocenters. The summed E-state index contributed by atoms with van der Waals surface area (Å²) in [7, 11) is -3.42. The lowest BCUT2D eigenvalue weighted by Gasteiger charge is -2.02. The molecule has 0 saturated carbocycles. The Morgan fingerprint density at radius 1 is 1.24 bits per heavy atom. The summed E-state index contributed by atoms with van der Waals surface area (Å²) in [6.07, 6.45) is 0. The average molecular weight is 271 g/mol. The van der Waals surface area contributed by atoms with E-state index in [1.165, 1.54) is 11.3 Å². The quantitative estimate of drug-likeness (QED) is 0.929. The molecule has 0 spiro atoms. The molecule has 0 saturated heterocycles. The lowest BCUT2D eigenvalue weighted by molar-refractivity contribution is 0.475. The zero-order valence-corrected chi connectivity index (χ0v) is 11.2. The molecule has 0 aromatic carbocycles. The van der Waals surface area contributed by atoms with Crippen LogP contribution in [0.25, 0.3) is 0 Å². The first-order chi connectivity index (χ1) is 7.97. The largest absolute Gasteiger partial charge is 0.465 e. The van der Waals surface area contributed by atoms with Gasteiger partial charge in [-0.1, -0.05) is 0 Å². The number of hydrogen-bond donors (Lipinski definition) is 1. The fourth-order valence-electron chi connectivity index (χ4n) is 1.37. The molecular weight excluding hydrogens is 258 g/mol. The minimum absolute atomic E-state index is 0.174. The van der Waals surface area contributed by atoms with Crippen molar-refractivity contribution < 1.29 is 12.8 Å². The summed E-state index contributed by atoms with van der Waals surface area (Å²) in [5, 5.41) is 0. The molecule has 6 heteroatoms. The lowest BCUT2D eigenvalue weighted by atomic mass is 10.4. The van der Waals surface area contributed by atoms with Crippen LogP contribution in [-0.4, -0.2) is 8.42 Å². The summed E-state index contributed by atoms with van der Waals surface area (Å²) in [4.78, 5) is 0.971. The molecule has 0 radical (unpaired) electrons. The normalized spacial score (nSPS) is 11.9. The molecule has 0 unspecified atom stereocenters. The molecule has 17 heavy (non-hydrogen) atoms. The van der Waals surface area contributed by atoms with E-state index >= 15 is 0 Å². The third-order valence-electron chi connectivity index (χ3n) is 2.21. The van der Waals surface area contributed by atoms with E-state index in [4.69, 9.17) is 4.42 Å². The van der Waals surface area contributed by atoms with E-state index in [0.717, 1.165) is 10.6 Å². The van der Waals surface area contributed by atoms with Crippen LogP contribution in [0.15, 0.2) is 32.9 Å². The molecule has 0 fully saturated rings. The van der Waals surface area contributed by atoms with Gasteiger partial charge in [0.15, 0.2) is 0 Å². The van der Waals surface area contributed by atoms with Gasteiger partial charge in [0.05, 0.1) is 6.54 Å². The van der Waals surface area contributed by atoms with E-state index in [-0.39, 0.29) is 6.54 Å². The zero-order valence-electron chi connectivity index (χ0n) is 9.56. The van der Waals surface area contributed by atoms with Crippen LogP contribution in [0.2, 0.25) is 0 Å². The van der Waals surface area contributed by atoms with Gasteiger partial charge in [-0.3, -0.25) is 0 Å². The second kappa shape index (κ2) is 4.64. The van der Waals surface area contributed by atoms with Crippen molar-refractivity contribution in [2.45, 2.75) is 24.6 Å². The SMILES string of the molecule is Cc1ccc(CNS(=O)(=O)c2ccc(C)s2)o1. The number of aryl methyl sites for hydroxylation is 2. The predicted octanol–water partition coefficient (Wildman–Crippen LogP) is 2.44. The number of rotatable bonds is 4. The summed E-state index contributed by atoms with van der Waals surface area (Å²) in [6, 6.07) is 6.96. The van der Waals surface area contributed by atoms with Crippen molar-refractivity contribution in [3.8, 4) is 0 Å². The number of furan rings is 1. The maximum Gasteiger partial charge on any atom is 0.250 e. The first-order valence-electron chi connectivity index (χ1n) is 5.09. The van der Waals surface area contributed by atoms with Crippen molar-refractivity contribution in [2.24, 2.45) is 0 Å². The minimum Gasteiger partial charge on any atom is -0.465 e. The van der Waals surface area contributed by atoms with Gasteiger partial charge in [-0.2, -0.15) is 0 Å². The number of nitrogens with one attached hydrogen (secondary N) is 1. The number of thiophene rings is 1. The standard InChI is InChI=1S/C11H13NO3S2/c1-8-3-5-10(15-8)7-12-17(13,14)11-6-4-9(2)16-11/h3-6,12H,7H2,1-2H3. The summed E-state index contributed by atoms with van der Waals surface area (Å²) in [5.41, 5.74) is 0. The zero-order chi connectivity index (χ0) is 12.5. The Kier molecular flexibility index (Phi) is 3.37. The Labute approximate surface area is 104 Å². The third kappa shape index (κ3) is 2.96. The van der Waals surface area contributed by atoms with Crippen LogP contribution in [0.4, 0.5) is 0 Å². The van der Waals surface area contributed by atoms with Crippen molar-refractivity contribution in [3.05, 3.63) is 40.7 Å². The Morgan fingerprint density at radius 3 is 2.53 bits per heavy atom. The van der Waals surface area contributed by atoms with Gasteiger partial charge in [0.1, 0.15) is 15.7 Å². The molecule has 2 aromatic rings. The van der Waals surface area contributed by atoms with Gasteiger partial charge in [0.2, 0.25) is 10.0 Å². The van der Waals surface area contributed by atoms with Crippen molar-refractivity contribution in [2.75, 3.05) is 0 Å². The Morgan fingerprint density at radius 2 is 2.00 bits per heavy atom. The van der Waals surface area contributed by atoms with E-state index < -0.39 is 10.0 Å².